The van der Waals surface area contributed by atoms with Gasteiger partial charge in [0.25, 0.3) is 0 Å². The van der Waals surface area contributed by atoms with Crippen molar-refractivity contribution in [2.45, 2.75) is 25.8 Å². The van der Waals surface area contributed by atoms with E-state index in [1.165, 1.54) is 5.56 Å². The molecule has 0 N–H and O–H groups in total. The molecule has 1 aliphatic heterocycles. The molecule has 1 amide bonds. The van der Waals surface area contributed by atoms with E-state index in [2.05, 4.69) is 41.3 Å². The van der Waals surface area contributed by atoms with E-state index in [1.54, 1.807) is 19.0 Å². The molecular weight excluding hydrogens is 338 g/mol. The number of benzene rings is 2. The van der Waals surface area contributed by atoms with Crippen molar-refractivity contribution in [3.63, 3.8) is 0 Å². The monoisotopic (exact) mass is 363 g/mol. The highest BCUT2D eigenvalue weighted by Crippen LogP contribution is 2.44. The molecule has 0 radical (unpaired) electrons. The Labute approximate surface area is 160 Å². The van der Waals surface area contributed by atoms with Crippen LogP contribution in [0.5, 0.6) is 5.75 Å². The minimum Gasteiger partial charge on any atom is -0.497 e. The van der Waals surface area contributed by atoms with Crippen molar-refractivity contribution in [1.82, 2.24) is 5.01 Å². The highest BCUT2D eigenvalue weighted by molar-refractivity contribution is 6.07. The van der Waals surface area contributed by atoms with Gasteiger partial charge in [0.15, 0.2) is 0 Å². The van der Waals surface area contributed by atoms with Crippen molar-refractivity contribution < 1.29 is 9.53 Å². The van der Waals surface area contributed by atoms with Crippen molar-refractivity contribution in [2.75, 3.05) is 26.1 Å². The number of carbonyl (C=O) groups is 1. The second kappa shape index (κ2) is 6.72. The fourth-order valence-corrected chi connectivity index (χ4v) is 4.18. The summed E-state index contributed by atoms with van der Waals surface area (Å²) in [7, 11) is 5.73. The lowest BCUT2D eigenvalue weighted by atomic mass is 9.77. The van der Waals surface area contributed by atoms with Gasteiger partial charge in [0.2, 0.25) is 5.91 Å². The van der Waals surface area contributed by atoms with E-state index in [0.29, 0.717) is 0 Å². The first-order valence-corrected chi connectivity index (χ1v) is 9.32. The summed E-state index contributed by atoms with van der Waals surface area (Å²) in [6.45, 7) is 1.59. The molecule has 0 aromatic heterocycles. The molecule has 2 unspecified atom stereocenters. The third kappa shape index (κ3) is 2.97. The van der Waals surface area contributed by atoms with Crippen molar-refractivity contribution >= 4 is 17.3 Å². The maximum Gasteiger partial charge on any atom is 0.240 e. The summed E-state index contributed by atoms with van der Waals surface area (Å²) in [5, 5.41) is 6.44. The molecule has 5 heteroatoms. The van der Waals surface area contributed by atoms with E-state index in [9.17, 15) is 4.79 Å². The van der Waals surface area contributed by atoms with Gasteiger partial charge in [-0.1, -0.05) is 18.2 Å². The SMILES string of the molecule is COc1ccc2c(c1)C1=NN(C(C)=O)C(c3ccc(N(C)C)cc3)C1CC2. The summed E-state index contributed by atoms with van der Waals surface area (Å²) in [5.41, 5.74) is 5.67. The second-order valence-electron chi connectivity index (χ2n) is 7.45. The summed E-state index contributed by atoms with van der Waals surface area (Å²) >= 11 is 0. The van der Waals surface area contributed by atoms with Gasteiger partial charge in [0, 0.05) is 38.2 Å². The molecule has 0 spiro atoms. The minimum atomic E-state index is -0.0481. The van der Waals surface area contributed by atoms with Crippen LogP contribution in [0.25, 0.3) is 0 Å². The highest BCUT2D eigenvalue weighted by atomic mass is 16.5. The topological polar surface area (TPSA) is 45.1 Å². The van der Waals surface area contributed by atoms with E-state index in [-0.39, 0.29) is 17.9 Å². The Morgan fingerprint density at radius 1 is 1.19 bits per heavy atom. The predicted octanol–water partition coefficient (Wildman–Crippen LogP) is 3.63. The molecule has 2 atom stereocenters. The first-order valence-electron chi connectivity index (χ1n) is 9.32. The lowest BCUT2D eigenvalue weighted by Crippen LogP contribution is -2.31. The van der Waals surface area contributed by atoms with Gasteiger partial charge in [-0.25, -0.2) is 5.01 Å². The van der Waals surface area contributed by atoms with Crippen LogP contribution in [0.15, 0.2) is 47.6 Å². The lowest BCUT2D eigenvalue weighted by Gasteiger charge is -2.29. The molecule has 27 heavy (non-hydrogen) atoms. The molecule has 2 aromatic rings. The van der Waals surface area contributed by atoms with Gasteiger partial charge in [-0.3, -0.25) is 4.79 Å². The Hall–Kier alpha value is -2.82. The van der Waals surface area contributed by atoms with Gasteiger partial charge < -0.3 is 9.64 Å². The van der Waals surface area contributed by atoms with Gasteiger partial charge >= 0.3 is 0 Å². The van der Waals surface area contributed by atoms with E-state index in [4.69, 9.17) is 9.84 Å². The predicted molar refractivity (Wildman–Crippen MR) is 107 cm³/mol. The van der Waals surface area contributed by atoms with E-state index < -0.39 is 0 Å². The van der Waals surface area contributed by atoms with Crippen LogP contribution in [0.2, 0.25) is 0 Å². The molecular formula is C22H25N3O2. The minimum absolute atomic E-state index is 0.0250. The average molecular weight is 363 g/mol. The standard InChI is InChI=1S/C22H25N3O2/c1-14(26)25-22(16-5-9-17(10-6-16)24(2)3)19-12-8-15-7-11-18(27-4)13-20(15)21(19)23-25/h5-7,9-11,13,19,22H,8,12H2,1-4H3. The van der Waals surface area contributed by atoms with Gasteiger partial charge in [0.05, 0.1) is 18.9 Å². The van der Waals surface area contributed by atoms with Crippen molar-refractivity contribution in [3.8, 4) is 5.75 Å². The number of aryl methyl sites for hydroxylation is 1. The molecule has 0 saturated carbocycles. The number of ether oxygens (including phenoxy) is 1. The molecule has 2 aliphatic rings. The van der Waals surface area contributed by atoms with E-state index >= 15 is 0 Å². The van der Waals surface area contributed by atoms with E-state index in [0.717, 1.165) is 41.1 Å². The van der Waals surface area contributed by atoms with Crippen LogP contribution in [-0.2, 0) is 11.2 Å². The average Bonchev–Trinajstić information content (AvgIpc) is 3.08. The highest BCUT2D eigenvalue weighted by Gasteiger charge is 2.43. The largest absolute Gasteiger partial charge is 0.497 e. The summed E-state index contributed by atoms with van der Waals surface area (Å²) < 4.78 is 5.41. The second-order valence-corrected chi connectivity index (χ2v) is 7.45. The molecule has 0 saturated heterocycles. The smallest absolute Gasteiger partial charge is 0.240 e. The van der Waals surface area contributed by atoms with Crippen LogP contribution in [-0.4, -0.2) is 37.8 Å². The van der Waals surface area contributed by atoms with Crippen molar-refractivity contribution in [2.24, 2.45) is 11.0 Å². The van der Waals surface area contributed by atoms with Gasteiger partial charge in [0.1, 0.15) is 5.75 Å². The fourth-order valence-electron chi connectivity index (χ4n) is 4.18. The van der Waals surface area contributed by atoms with Gasteiger partial charge in [-0.15, -0.1) is 0 Å². The number of anilines is 1. The number of hydrazone groups is 1. The maximum absolute atomic E-state index is 12.4. The number of hydrogen-bond donors (Lipinski definition) is 0. The summed E-state index contributed by atoms with van der Waals surface area (Å²) in [5.74, 6) is 1.01. The lowest BCUT2D eigenvalue weighted by molar-refractivity contribution is -0.131. The van der Waals surface area contributed by atoms with Crippen LogP contribution in [0.3, 0.4) is 0 Å². The summed E-state index contributed by atoms with van der Waals surface area (Å²) in [6.07, 6.45) is 1.98. The van der Waals surface area contributed by atoms with Crippen LogP contribution >= 0.6 is 0 Å². The number of amides is 1. The summed E-state index contributed by atoms with van der Waals surface area (Å²) in [4.78, 5) is 14.4. The third-order valence-electron chi connectivity index (χ3n) is 5.60. The maximum atomic E-state index is 12.4. The zero-order valence-corrected chi connectivity index (χ0v) is 16.3. The van der Waals surface area contributed by atoms with E-state index in [1.807, 2.05) is 20.2 Å². The zero-order chi connectivity index (χ0) is 19.1. The van der Waals surface area contributed by atoms with Crippen LogP contribution in [0.1, 0.15) is 36.1 Å². The van der Waals surface area contributed by atoms with Gasteiger partial charge in [-0.2, -0.15) is 5.10 Å². The van der Waals surface area contributed by atoms with Crippen LogP contribution in [0.4, 0.5) is 5.69 Å². The Balaban J connectivity index is 1.75. The number of fused-ring (bicyclic) bond motifs is 3. The number of nitrogens with zero attached hydrogens (tertiary/aromatic N) is 3. The molecule has 140 valence electrons. The Morgan fingerprint density at radius 2 is 1.93 bits per heavy atom. The van der Waals surface area contributed by atoms with Crippen LogP contribution < -0.4 is 9.64 Å². The molecule has 5 nitrogen and oxygen atoms in total. The number of methoxy groups -OCH3 is 1. The molecule has 1 heterocycles. The molecule has 0 bridgehead atoms. The molecule has 4 rings (SSSR count). The van der Waals surface area contributed by atoms with Crippen LogP contribution in [0, 0.1) is 5.92 Å². The Bertz CT molecular complexity index is 902. The molecule has 0 fully saturated rings. The molecule has 1 aliphatic carbocycles. The quantitative estimate of drug-likeness (QED) is 0.836. The first kappa shape index (κ1) is 17.6. The normalized spacial score (nSPS) is 20.6. The molecule has 2 aromatic carbocycles. The third-order valence-corrected chi connectivity index (χ3v) is 5.60. The number of carbonyl (C=O) groups excluding carboxylic acids is 1. The number of rotatable bonds is 3. The van der Waals surface area contributed by atoms with Crippen molar-refractivity contribution in [3.05, 3.63) is 59.2 Å². The fraction of sp³-hybridized carbons (Fsp3) is 0.364. The Kier molecular flexibility index (Phi) is 4.38. The summed E-state index contributed by atoms with van der Waals surface area (Å²) in [6, 6.07) is 14.6. The number of hydrogen-bond acceptors (Lipinski definition) is 4. The first-order chi connectivity index (χ1) is 13.0. The Morgan fingerprint density at radius 3 is 2.56 bits per heavy atom. The van der Waals surface area contributed by atoms with Gasteiger partial charge in [-0.05, 0) is 48.2 Å². The zero-order valence-electron chi connectivity index (χ0n) is 16.3. The van der Waals surface area contributed by atoms with Crippen molar-refractivity contribution in [1.29, 1.82) is 0 Å².